The zero-order valence-corrected chi connectivity index (χ0v) is 18.9. The normalized spacial score (nSPS) is 10.8. The number of nitrogens with zero attached hydrogens (tertiary/aromatic N) is 3. The fraction of sp³-hybridized carbons (Fsp3) is 0.316. The van der Waals surface area contributed by atoms with Gasteiger partial charge >= 0.3 is 0 Å². The predicted molar refractivity (Wildman–Crippen MR) is 118 cm³/mol. The molecule has 0 fully saturated rings. The van der Waals surface area contributed by atoms with Crippen molar-refractivity contribution in [2.45, 2.75) is 18.5 Å². The van der Waals surface area contributed by atoms with Gasteiger partial charge in [0, 0.05) is 35.0 Å². The van der Waals surface area contributed by atoms with E-state index in [0.29, 0.717) is 27.4 Å². The summed E-state index contributed by atoms with van der Waals surface area (Å²) in [7, 11) is 4.92. The monoisotopic (exact) mass is 452 g/mol. The molecule has 1 N–H and O–H groups in total. The van der Waals surface area contributed by atoms with Crippen LogP contribution >= 0.6 is 34.7 Å². The molecule has 154 valence electrons. The molecule has 0 bridgehead atoms. The van der Waals surface area contributed by atoms with E-state index in [1.807, 2.05) is 11.6 Å². The van der Waals surface area contributed by atoms with Crippen LogP contribution in [0.15, 0.2) is 28.7 Å². The van der Waals surface area contributed by atoms with Crippen LogP contribution in [0, 0.1) is 0 Å². The second kappa shape index (κ2) is 9.51. The molecule has 0 saturated heterocycles. The topological polar surface area (TPSA) is 78.3 Å². The second-order valence-electron chi connectivity index (χ2n) is 6.04. The number of hydrogen-bond donors (Lipinski definition) is 1. The Bertz CT molecular complexity index is 1020. The molecule has 0 atom stereocenters. The van der Waals surface area contributed by atoms with Gasteiger partial charge in [0.2, 0.25) is 5.91 Å². The van der Waals surface area contributed by atoms with Gasteiger partial charge in [-0.05, 0) is 12.5 Å². The summed E-state index contributed by atoms with van der Waals surface area (Å²) in [5.41, 5.74) is 1.53. The number of thiophene rings is 1. The molecule has 0 aliphatic rings. The number of methoxy groups -OCH3 is 2. The number of aromatic nitrogens is 3. The number of anilines is 1. The lowest BCUT2D eigenvalue weighted by atomic mass is 10.2. The third-order valence-electron chi connectivity index (χ3n) is 4.18. The minimum Gasteiger partial charge on any atom is -0.495 e. The molecule has 3 rings (SSSR count). The third kappa shape index (κ3) is 4.85. The van der Waals surface area contributed by atoms with Gasteiger partial charge < -0.3 is 19.4 Å². The van der Waals surface area contributed by atoms with Crippen LogP contribution in [0.2, 0.25) is 5.02 Å². The molecule has 3 aromatic rings. The van der Waals surface area contributed by atoms with Gasteiger partial charge in [-0.1, -0.05) is 30.3 Å². The van der Waals surface area contributed by atoms with Crippen LogP contribution in [-0.2, 0) is 18.3 Å². The molecule has 0 unspecified atom stereocenters. The van der Waals surface area contributed by atoms with E-state index in [2.05, 4.69) is 33.9 Å². The van der Waals surface area contributed by atoms with E-state index >= 15 is 0 Å². The zero-order chi connectivity index (χ0) is 21.0. The number of carbonyl (C=O) groups excluding carboxylic acids is 1. The fourth-order valence-corrected chi connectivity index (χ4v) is 4.41. The Hall–Kier alpha value is -2.23. The van der Waals surface area contributed by atoms with Gasteiger partial charge in [0.25, 0.3) is 0 Å². The molecule has 0 saturated carbocycles. The van der Waals surface area contributed by atoms with Gasteiger partial charge in [-0.15, -0.1) is 21.5 Å². The summed E-state index contributed by atoms with van der Waals surface area (Å²) >= 11 is 9.12. The summed E-state index contributed by atoms with van der Waals surface area (Å²) in [5, 5.41) is 14.5. The SMILES string of the molecule is CCc1cc(-c2nnc(SCC(=O)Nc3cc(OC)c(Cl)cc3OC)n2C)cs1. The number of carbonyl (C=O) groups is 1. The van der Waals surface area contributed by atoms with Gasteiger partial charge in [-0.25, -0.2) is 0 Å². The number of rotatable bonds is 8. The van der Waals surface area contributed by atoms with Crippen molar-refractivity contribution in [1.82, 2.24) is 14.8 Å². The smallest absolute Gasteiger partial charge is 0.234 e. The average Bonchev–Trinajstić information content (AvgIpc) is 3.33. The molecule has 29 heavy (non-hydrogen) atoms. The first-order chi connectivity index (χ1) is 14.0. The lowest BCUT2D eigenvalue weighted by Crippen LogP contribution is -2.15. The van der Waals surface area contributed by atoms with E-state index in [0.717, 1.165) is 17.8 Å². The van der Waals surface area contributed by atoms with E-state index in [1.54, 1.807) is 23.5 Å². The molecule has 0 spiro atoms. The van der Waals surface area contributed by atoms with Gasteiger partial charge in [0.15, 0.2) is 11.0 Å². The average molecular weight is 453 g/mol. The lowest BCUT2D eigenvalue weighted by molar-refractivity contribution is -0.113. The highest BCUT2D eigenvalue weighted by molar-refractivity contribution is 7.99. The van der Waals surface area contributed by atoms with E-state index in [1.165, 1.54) is 30.9 Å². The molecule has 7 nitrogen and oxygen atoms in total. The van der Waals surface area contributed by atoms with Gasteiger partial charge in [-0.2, -0.15) is 0 Å². The summed E-state index contributed by atoms with van der Waals surface area (Å²) in [6, 6.07) is 5.35. The Balaban J connectivity index is 1.67. The molecule has 2 aromatic heterocycles. The van der Waals surface area contributed by atoms with E-state index in [4.69, 9.17) is 21.1 Å². The molecular weight excluding hydrogens is 432 g/mol. The number of thioether (sulfide) groups is 1. The molecular formula is C19H21ClN4O3S2. The van der Waals surface area contributed by atoms with Crippen LogP contribution in [0.4, 0.5) is 5.69 Å². The number of nitrogens with one attached hydrogen (secondary N) is 1. The first kappa shape index (κ1) is 21.5. The second-order valence-corrected chi connectivity index (χ2v) is 8.39. The van der Waals surface area contributed by atoms with Gasteiger partial charge in [-0.3, -0.25) is 4.79 Å². The number of aryl methyl sites for hydroxylation is 1. The van der Waals surface area contributed by atoms with Crippen LogP contribution in [0.25, 0.3) is 11.4 Å². The van der Waals surface area contributed by atoms with Crippen molar-refractivity contribution in [1.29, 1.82) is 0 Å². The molecule has 10 heteroatoms. The Morgan fingerprint density at radius 1 is 1.24 bits per heavy atom. The Morgan fingerprint density at radius 3 is 2.66 bits per heavy atom. The minimum atomic E-state index is -0.203. The highest BCUT2D eigenvalue weighted by Crippen LogP contribution is 2.36. The minimum absolute atomic E-state index is 0.171. The fourth-order valence-electron chi connectivity index (χ4n) is 2.65. The summed E-state index contributed by atoms with van der Waals surface area (Å²) in [6.45, 7) is 2.12. The first-order valence-corrected chi connectivity index (χ1v) is 11.0. The maximum Gasteiger partial charge on any atom is 0.234 e. The first-order valence-electron chi connectivity index (χ1n) is 8.78. The molecule has 0 radical (unpaired) electrons. The highest BCUT2D eigenvalue weighted by Gasteiger charge is 2.16. The van der Waals surface area contributed by atoms with Crippen LogP contribution in [-0.4, -0.2) is 40.6 Å². The van der Waals surface area contributed by atoms with Crippen LogP contribution in [0.5, 0.6) is 11.5 Å². The number of ether oxygens (including phenoxy) is 2. The Labute approximate surface area is 182 Å². The number of benzene rings is 1. The number of amides is 1. The standard InChI is InChI=1S/C19H21ClN4O3S2/c1-5-12-6-11(9-28-12)18-22-23-19(24(18)2)29-10-17(25)21-14-8-15(26-3)13(20)7-16(14)27-4/h6-9H,5,10H2,1-4H3,(H,21,25). The van der Waals surface area contributed by atoms with Crippen molar-refractivity contribution >= 4 is 46.3 Å². The van der Waals surface area contributed by atoms with E-state index in [-0.39, 0.29) is 11.7 Å². The van der Waals surface area contributed by atoms with Crippen molar-refractivity contribution in [2.75, 3.05) is 25.3 Å². The molecule has 1 aromatic carbocycles. The largest absolute Gasteiger partial charge is 0.495 e. The number of hydrogen-bond acceptors (Lipinski definition) is 7. The van der Waals surface area contributed by atoms with Crippen LogP contribution < -0.4 is 14.8 Å². The quantitative estimate of drug-likeness (QED) is 0.507. The lowest BCUT2D eigenvalue weighted by Gasteiger charge is -2.13. The predicted octanol–water partition coefficient (Wildman–Crippen LogP) is 4.51. The van der Waals surface area contributed by atoms with E-state index < -0.39 is 0 Å². The summed E-state index contributed by atoms with van der Waals surface area (Å²) < 4.78 is 12.4. The molecule has 0 aliphatic carbocycles. The van der Waals surface area contributed by atoms with Crippen molar-refractivity contribution in [3.8, 4) is 22.9 Å². The van der Waals surface area contributed by atoms with Crippen LogP contribution in [0.3, 0.4) is 0 Å². The van der Waals surface area contributed by atoms with E-state index in [9.17, 15) is 4.79 Å². The Morgan fingerprint density at radius 2 is 2.00 bits per heavy atom. The summed E-state index contributed by atoms with van der Waals surface area (Å²) in [5.74, 6) is 1.66. The van der Waals surface area contributed by atoms with Crippen molar-refractivity contribution in [2.24, 2.45) is 7.05 Å². The van der Waals surface area contributed by atoms with Crippen LogP contribution in [0.1, 0.15) is 11.8 Å². The molecule has 0 aliphatic heterocycles. The molecule has 2 heterocycles. The van der Waals surface area contributed by atoms with Crippen molar-refractivity contribution in [3.05, 3.63) is 33.5 Å². The molecule has 1 amide bonds. The van der Waals surface area contributed by atoms with Gasteiger partial charge in [0.05, 0.1) is 30.7 Å². The summed E-state index contributed by atoms with van der Waals surface area (Å²) in [4.78, 5) is 13.7. The Kier molecular flexibility index (Phi) is 7.05. The van der Waals surface area contributed by atoms with Crippen molar-refractivity contribution in [3.63, 3.8) is 0 Å². The third-order valence-corrected chi connectivity index (χ3v) is 6.57. The maximum atomic E-state index is 12.5. The highest BCUT2D eigenvalue weighted by atomic mass is 35.5. The zero-order valence-electron chi connectivity index (χ0n) is 16.5. The van der Waals surface area contributed by atoms with Crippen molar-refractivity contribution < 1.29 is 14.3 Å². The summed E-state index contributed by atoms with van der Waals surface area (Å²) in [6.07, 6.45) is 0.989. The number of halogens is 1. The van der Waals surface area contributed by atoms with Gasteiger partial charge in [0.1, 0.15) is 11.5 Å². The maximum absolute atomic E-state index is 12.5.